The molecule has 0 aliphatic carbocycles. The lowest BCUT2D eigenvalue weighted by Crippen LogP contribution is -2.38. The fraction of sp³-hybridized carbons (Fsp3) is 0.429. The average molecular weight is 388 g/mol. The van der Waals surface area contributed by atoms with Gasteiger partial charge in [0.05, 0.1) is 7.11 Å². The number of halogens is 1. The molecule has 1 fully saturated rings. The molecule has 0 spiro atoms. The minimum atomic E-state index is -0.173. The SMILES string of the molecule is COc1ccc(C(C)N2CC[C@@H](NC(=O)c3cc(Cl)ccn3)C2)c(C)c1C. The second-order valence-corrected chi connectivity index (χ2v) is 7.53. The Morgan fingerprint density at radius 3 is 2.81 bits per heavy atom. The van der Waals surface area contributed by atoms with E-state index in [2.05, 4.69) is 42.0 Å². The van der Waals surface area contributed by atoms with Crippen LogP contribution in [0.5, 0.6) is 5.75 Å². The van der Waals surface area contributed by atoms with Crippen LogP contribution < -0.4 is 10.1 Å². The van der Waals surface area contributed by atoms with Crippen molar-refractivity contribution < 1.29 is 9.53 Å². The lowest BCUT2D eigenvalue weighted by molar-refractivity contribution is 0.0931. The molecule has 1 N–H and O–H groups in total. The summed E-state index contributed by atoms with van der Waals surface area (Å²) >= 11 is 5.95. The Morgan fingerprint density at radius 2 is 2.11 bits per heavy atom. The maximum Gasteiger partial charge on any atom is 0.270 e. The van der Waals surface area contributed by atoms with Crippen molar-refractivity contribution in [1.82, 2.24) is 15.2 Å². The van der Waals surface area contributed by atoms with Gasteiger partial charge in [0.1, 0.15) is 11.4 Å². The highest BCUT2D eigenvalue weighted by Crippen LogP contribution is 2.32. The molecule has 0 bridgehead atoms. The molecule has 2 atom stereocenters. The number of nitrogens with one attached hydrogen (secondary N) is 1. The van der Waals surface area contributed by atoms with Crippen LogP contribution in [0.2, 0.25) is 5.02 Å². The molecule has 1 aromatic carbocycles. The Hall–Kier alpha value is -2.11. The zero-order chi connectivity index (χ0) is 19.6. The van der Waals surface area contributed by atoms with Gasteiger partial charge in [0, 0.05) is 36.4 Å². The van der Waals surface area contributed by atoms with E-state index in [1.54, 1.807) is 25.4 Å². The minimum absolute atomic E-state index is 0.111. The van der Waals surface area contributed by atoms with E-state index in [4.69, 9.17) is 16.3 Å². The third-order valence-electron chi connectivity index (χ3n) is 5.51. The highest BCUT2D eigenvalue weighted by atomic mass is 35.5. The number of pyridine rings is 1. The fourth-order valence-electron chi connectivity index (χ4n) is 3.73. The van der Waals surface area contributed by atoms with E-state index >= 15 is 0 Å². The lowest BCUT2D eigenvalue weighted by Gasteiger charge is -2.27. The van der Waals surface area contributed by atoms with Crippen molar-refractivity contribution in [3.8, 4) is 5.75 Å². The summed E-state index contributed by atoms with van der Waals surface area (Å²) in [5, 5.41) is 3.60. The van der Waals surface area contributed by atoms with E-state index in [9.17, 15) is 4.79 Å². The molecule has 1 unspecified atom stereocenters. The lowest BCUT2D eigenvalue weighted by atomic mass is 9.97. The van der Waals surface area contributed by atoms with E-state index in [-0.39, 0.29) is 18.0 Å². The molecule has 1 aliphatic rings. The normalized spacial score (nSPS) is 18.3. The third-order valence-corrected chi connectivity index (χ3v) is 5.74. The van der Waals surface area contributed by atoms with E-state index in [0.717, 1.165) is 25.3 Å². The van der Waals surface area contributed by atoms with Gasteiger partial charge in [-0.2, -0.15) is 0 Å². The second-order valence-electron chi connectivity index (χ2n) is 7.10. The predicted molar refractivity (Wildman–Crippen MR) is 108 cm³/mol. The van der Waals surface area contributed by atoms with Gasteiger partial charge in [-0.25, -0.2) is 0 Å². The van der Waals surface area contributed by atoms with Crippen LogP contribution >= 0.6 is 11.6 Å². The summed E-state index contributed by atoms with van der Waals surface area (Å²) in [4.78, 5) is 18.9. The smallest absolute Gasteiger partial charge is 0.270 e. The molecule has 144 valence electrons. The largest absolute Gasteiger partial charge is 0.496 e. The van der Waals surface area contributed by atoms with Gasteiger partial charge in [0.2, 0.25) is 0 Å². The van der Waals surface area contributed by atoms with Crippen LogP contribution in [-0.4, -0.2) is 42.0 Å². The van der Waals surface area contributed by atoms with Gasteiger partial charge in [-0.15, -0.1) is 0 Å². The molecule has 2 aromatic rings. The molecule has 1 aromatic heterocycles. The minimum Gasteiger partial charge on any atom is -0.496 e. The molecule has 2 heterocycles. The summed E-state index contributed by atoms with van der Waals surface area (Å²) in [6.45, 7) is 8.22. The van der Waals surface area contributed by atoms with Crippen molar-refractivity contribution in [2.24, 2.45) is 0 Å². The van der Waals surface area contributed by atoms with Crippen molar-refractivity contribution in [3.63, 3.8) is 0 Å². The number of methoxy groups -OCH3 is 1. The Balaban J connectivity index is 1.65. The number of nitrogens with zero attached hydrogens (tertiary/aromatic N) is 2. The Labute approximate surface area is 165 Å². The number of aromatic nitrogens is 1. The number of carbonyl (C=O) groups excluding carboxylic acids is 1. The molecule has 0 radical (unpaired) electrons. The first-order valence-electron chi connectivity index (χ1n) is 9.21. The molecule has 5 nitrogen and oxygen atoms in total. The number of rotatable bonds is 5. The number of ether oxygens (including phenoxy) is 1. The van der Waals surface area contributed by atoms with Crippen LogP contribution in [0.3, 0.4) is 0 Å². The monoisotopic (exact) mass is 387 g/mol. The molecular weight excluding hydrogens is 362 g/mol. The van der Waals surface area contributed by atoms with E-state index in [1.807, 2.05) is 6.07 Å². The molecular formula is C21H26ClN3O2. The van der Waals surface area contributed by atoms with Crippen LogP contribution in [0.4, 0.5) is 0 Å². The fourth-order valence-corrected chi connectivity index (χ4v) is 3.89. The Bertz CT molecular complexity index is 840. The van der Waals surface area contributed by atoms with Gasteiger partial charge < -0.3 is 10.1 Å². The van der Waals surface area contributed by atoms with Crippen molar-refractivity contribution in [3.05, 3.63) is 57.9 Å². The van der Waals surface area contributed by atoms with Gasteiger partial charge in [0.15, 0.2) is 0 Å². The molecule has 3 rings (SSSR count). The number of hydrogen-bond acceptors (Lipinski definition) is 4. The van der Waals surface area contributed by atoms with Crippen molar-refractivity contribution in [2.45, 2.75) is 39.3 Å². The quantitative estimate of drug-likeness (QED) is 0.844. The van der Waals surface area contributed by atoms with Crippen LogP contribution in [0.25, 0.3) is 0 Å². The number of likely N-dealkylation sites (tertiary alicyclic amines) is 1. The zero-order valence-electron chi connectivity index (χ0n) is 16.3. The average Bonchev–Trinajstić information content (AvgIpc) is 3.12. The predicted octanol–water partition coefficient (Wildman–Crippen LogP) is 3.93. The summed E-state index contributed by atoms with van der Waals surface area (Å²) in [6.07, 6.45) is 2.47. The Morgan fingerprint density at radius 1 is 1.33 bits per heavy atom. The highest BCUT2D eigenvalue weighted by Gasteiger charge is 2.29. The van der Waals surface area contributed by atoms with Crippen LogP contribution in [0, 0.1) is 13.8 Å². The van der Waals surface area contributed by atoms with Crippen LogP contribution in [-0.2, 0) is 0 Å². The number of carbonyl (C=O) groups is 1. The molecule has 27 heavy (non-hydrogen) atoms. The summed E-state index contributed by atoms with van der Waals surface area (Å²) < 4.78 is 5.42. The summed E-state index contributed by atoms with van der Waals surface area (Å²) in [5.74, 6) is 0.748. The van der Waals surface area contributed by atoms with Crippen LogP contribution in [0.1, 0.15) is 46.6 Å². The third kappa shape index (κ3) is 4.25. The second kappa shape index (κ2) is 8.28. The maximum absolute atomic E-state index is 12.4. The number of benzene rings is 1. The molecule has 1 saturated heterocycles. The van der Waals surface area contributed by atoms with E-state index in [0.29, 0.717) is 10.7 Å². The first-order valence-corrected chi connectivity index (χ1v) is 9.59. The zero-order valence-corrected chi connectivity index (χ0v) is 17.0. The van der Waals surface area contributed by atoms with Gasteiger partial charge in [-0.1, -0.05) is 17.7 Å². The molecule has 0 saturated carbocycles. The highest BCUT2D eigenvalue weighted by molar-refractivity contribution is 6.30. The molecule has 6 heteroatoms. The number of amides is 1. The van der Waals surface area contributed by atoms with Crippen LogP contribution in [0.15, 0.2) is 30.5 Å². The van der Waals surface area contributed by atoms with Crippen molar-refractivity contribution >= 4 is 17.5 Å². The first kappa shape index (κ1) is 19.6. The Kier molecular flexibility index (Phi) is 6.02. The maximum atomic E-state index is 12.4. The van der Waals surface area contributed by atoms with E-state index in [1.165, 1.54) is 16.7 Å². The molecule has 1 aliphatic heterocycles. The number of hydrogen-bond donors (Lipinski definition) is 1. The summed E-state index contributed by atoms with van der Waals surface area (Å²) in [5.41, 5.74) is 4.10. The standard InChI is InChI=1S/C21H26ClN3O2/c1-13-14(2)20(27-4)6-5-18(13)15(3)25-10-8-17(12-25)24-21(26)19-11-16(22)7-9-23-19/h5-7,9,11,15,17H,8,10,12H2,1-4H3,(H,24,26)/t15?,17-/m1/s1. The van der Waals surface area contributed by atoms with Gasteiger partial charge in [0.25, 0.3) is 5.91 Å². The van der Waals surface area contributed by atoms with Gasteiger partial charge >= 0.3 is 0 Å². The van der Waals surface area contributed by atoms with Crippen molar-refractivity contribution in [2.75, 3.05) is 20.2 Å². The van der Waals surface area contributed by atoms with Crippen molar-refractivity contribution in [1.29, 1.82) is 0 Å². The summed E-state index contributed by atoms with van der Waals surface area (Å²) in [7, 11) is 1.70. The summed E-state index contributed by atoms with van der Waals surface area (Å²) in [6, 6.07) is 7.83. The van der Waals surface area contributed by atoms with Gasteiger partial charge in [-0.05, 0) is 62.1 Å². The topological polar surface area (TPSA) is 54.5 Å². The van der Waals surface area contributed by atoms with E-state index < -0.39 is 0 Å². The van der Waals surface area contributed by atoms with Gasteiger partial charge in [-0.3, -0.25) is 14.7 Å². The first-order chi connectivity index (χ1) is 12.9. The molecule has 1 amide bonds.